The third-order valence-corrected chi connectivity index (χ3v) is 6.57. The van der Waals surface area contributed by atoms with Crippen LogP contribution < -0.4 is 15.1 Å². The molecule has 0 aliphatic carbocycles. The Bertz CT molecular complexity index is 1080. The highest BCUT2D eigenvalue weighted by molar-refractivity contribution is 6.06. The van der Waals surface area contributed by atoms with E-state index in [2.05, 4.69) is 5.32 Å². The van der Waals surface area contributed by atoms with Crippen molar-refractivity contribution in [1.82, 2.24) is 0 Å². The summed E-state index contributed by atoms with van der Waals surface area (Å²) < 4.78 is 40.2. The molecule has 0 spiro atoms. The van der Waals surface area contributed by atoms with Crippen molar-refractivity contribution in [2.24, 2.45) is 0 Å². The van der Waals surface area contributed by atoms with Gasteiger partial charge in [0.1, 0.15) is 5.69 Å². The summed E-state index contributed by atoms with van der Waals surface area (Å²) in [6, 6.07) is 7.66. The molecule has 1 unspecified atom stereocenters. The highest BCUT2D eigenvalue weighted by Crippen LogP contribution is 2.38. The van der Waals surface area contributed by atoms with Crippen molar-refractivity contribution in [2.45, 2.75) is 51.2 Å². The Balaban J connectivity index is 1.67. The van der Waals surface area contributed by atoms with Crippen molar-refractivity contribution in [2.75, 3.05) is 34.8 Å². The molecule has 34 heavy (non-hydrogen) atoms. The van der Waals surface area contributed by atoms with Gasteiger partial charge in [-0.2, -0.15) is 13.2 Å². The van der Waals surface area contributed by atoms with E-state index < -0.39 is 22.6 Å². The number of hydrogen-bond acceptors (Lipinski definition) is 5. The molecule has 10 heteroatoms. The Morgan fingerprint density at radius 3 is 2.35 bits per heavy atom. The lowest BCUT2D eigenvalue weighted by Crippen LogP contribution is -2.38. The molecule has 1 amide bonds. The number of rotatable bonds is 5. The van der Waals surface area contributed by atoms with Crippen LogP contribution in [-0.4, -0.2) is 36.5 Å². The van der Waals surface area contributed by atoms with Gasteiger partial charge >= 0.3 is 6.18 Å². The van der Waals surface area contributed by atoms with E-state index in [1.807, 2.05) is 16.7 Å². The molecular weight excluding hydrogens is 449 g/mol. The number of hydrogen-bond donors (Lipinski definition) is 1. The standard InChI is InChI=1S/C24H27F3N4O3/c1-16-6-2-3-13-30(16)20-10-8-18(24(25,26)27)15-19(20)28-23(32)17-7-9-21(22(14-17)31(33)34)29-11-4-5-12-29/h7-10,14-16H,2-6,11-13H2,1H3,(H,28,32). The van der Waals surface area contributed by atoms with Crippen molar-refractivity contribution in [1.29, 1.82) is 0 Å². The highest BCUT2D eigenvalue weighted by Gasteiger charge is 2.33. The molecular formula is C24H27F3N4O3. The first kappa shape index (κ1) is 23.8. The zero-order valence-corrected chi connectivity index (χ0v) is 18.9. The van der Waals surface area contributed by atoms with E-state index in [4.69, 9.17) is 0 Å². The van der Waals surface area contributed by atoms with Gasteiger partial charge in [-0.05, 0) is 69.4 Å². The lowest BCUT2D eigenvalue weighted by atomic mass is 10.0. The monoisotopic (exact) mass is 476 g/mol. The molecule has 2 saturated heterocycles. The van der Waals surface area contributed by atoms with Gasteiger partial charge in [0.2, 0.25) is 0 Å². The first-order valence-electron chi connectivity index (χ1n) is 11.5. The zero-order chi connectivity index (χ0) is 24.5. The molecule has 1 atom stereocenters. The Morgan fingerprint density at radius 1 is 1.03 bits per heavy atom. The minimum absolute atomic E-state index is 0.0182. The molecule has 2 fully saturated rings. The first-order valence-corrected chi connectivity index (χ1v) is 11.5. The molecule has 1 N–H and O–H groups in total. The second-order valence-electron chi connectivity index (χ2n) is 8.88. The van der Waals surface area contributed by atoms with Crippen LogP contribution in [0.3, 0.4) is 0 Å². The van der Waals surface area contributed by atoms with E-state index in [1.165, 1.54) is 24.3 Å². The maximum atomic E-state index is 13.4. The summed E-state index contributed by atoms with van der Waals surface area (Å²) in [5.41, 5.74) is -0.0442. The van der Waals surface area contributed by atoms with Gasteiger partial charge in [-0.25, -0.2) is 0 Å². The number of nitro benzene ring substituents is 1. The van der Waals surface area contributed by atoms with E-state index >= 15 is 0 Å². The quantitative estimate of drug-likeness (QED) is 0.433. The average molecular weight is 476 g/mol. The lowest BCUT2D eigenvalue weighted by Gasteiger charge is -2.36. The number of piperidine rings is 1. The Hall–Kier alpha value is -3.30. The number of carbonyl (C=O) groups is 1. The molecule has 0 radical (unpaired) electrons. The smallest absolute Gasteiger partial charge is 0.367 e. The van der Waals surface area contributed by atoms with Gasteiger partial charge in [-0.3, -0.25) is 14.9 Å². The second kappa shape index (κ2) is 9.52. The van der Waals surface area contributed by atoms with Crippen LogP contribution >= 0.6 is 0 Å². The molecule has 0 bridgehead atoms. The predicted molar refractivity (Wildman–Crippen MR) is 125 cm³/mol. The van der Waals surface area contributed by atoms with Crippen molar-refractivity contribution >= 4 is 28.7 Å². The van der Waals surface area contributed by atoms with Crippen LogP contribution in [0.4, 0.5) is 35.9 Å². The van der Waals surface area contributed by atoms with Crippen molar-refractivity contribution in [3.05, 3.63) is 57.6 Å². The highest BCUT2D eigenvalue weighted by atomic mass is 19.4. The molecule has 2 aliphatic heterocycles. The number of amides is 1. The largest absolute Gasteiger partial charge is 0.416 e. The number of halogens is 3. The third kappa shape index (κ3) is 4.95. The zero-order valence-electron chi connectivity index (χ0n) is 18.9. The normalized spacial score (nSPS) is 18.8. The van der Waals surface area contributed by atoms with Crippen LogP contribution in [-0.2, 0) is 6.18 Å². The number of benzene rings is 2. The van der Waals surface area contributed by atoms with Gasteiger partial charge in [0.25, 0.3) is 11.6 Å². The maximum Gasteiger partial charge on any atom is 0.416 e. The summed E-state index contributed by atoms with van der Waals surface area (Å²) in [6.07, 6.45) is 0.148. The van der Waals surface area contributed by atoms with Crippen LogP contribution in [0.25, 0.3) is 0 Å². The van der Waals surface area contributed by atoms with Gasteiger partial charge < -0.3 is 15.1 Å². The molecule has 2 aliphatic rings. The minimum atomic E-state index is -4.57. The van der Waals surface area contributed by atoms with Crippen LogP contribution in [0.15, 0.2) is 36.4 Å². The number of carbonyl (C=O) groups excluding carboxylic acids is 1. The number of alkyl halides is 3. The number of anilines is 3. The van der Waals surface area contributed by atoms with Gasteiger partial charge in [-0.15, -0.1) is 0 Å². The van der Waals surface area contributed by atoms with Gasteiger partial charge in [0.05, 0.1) is 21.9 Å². The van der Waals surface area contributed by atoms with Crippen molar-refractivity contribution < 1.29 is 22.9 Å². The summed E-state index contributed by atoms with van der Waals surface area (Å²) in [7, 11) is 0. The summed E-state index contributed by atoms with van der Waals surface area (Å²) >= 11 is 0. The Kier molecular flexibility index (Phi) is 6.67. The fourth-order valence-corrected chi connectivity index (χ4v) is 4.75. The SMILES string of the molecule is CC1CCCCN1c1ccc(C(F)(F)F)cc1NC(=O)c1ccc(N2CCCC2)c([N+](=O)[O-])c1. The second-order valence-corrected chi connectivity index (χ2v) is 8.88. The van der Waals surface area contributed by atoms with E-state index in [1.54, 1.807) is 0 Å². The van der Waals surface area contributed by atoms with Gasteiger partial charge in [-0.1, -0.05) is 0 Å². The predicted octanol–water partition coefficient (Wildman–Crippen LogP) is 5.84. The number of nitrogens with zero attached hydrogens (tertiary/aromatic N) is 3. The van der Waals surface area contributed by atoms with E-state index in [-0.39, 0.29) is 23.0 Å². The number of nitrogens with one attached hydrogen (secondary N) is 1. The van der Waals surface area contributed by atoms with Crippen LogP contribution in [0.2, 0.25) is 0 Å². The van der Waals surface area contributed by atoms with E-state index in [0.29, 0.717) is 31.0 Å². The Morgan fingerprint density at radius 2 is 1.71 bits per heavy atom. The van der Waals surface area contributed by atoms with Crippen LogP contribution in [0.1, 0.15) is 54.9 Å². The molecule has 0 saturated carbocycles. The molecule has 0 aromatic heterocycles. The molecule has 7 nitrogen and oxygen atoms in total. The molecule has 2 aromatic rings. The van der Waals surface area contributed by atoms with Gasteiger partial charge in [0.15, 0.2) is 0 Å². The summed E-state index contributed by atoms with van der Waals surface area (Å²) in [5.74, 6) is -0.693. The van der Waals surface area contributed by atoms with Crippen molar-refractivity contribution in [3.63, 3.8) is 0 Å². The lowest BCUT2D eigenvalue weighted by molar-refractivity contribution is -0.384. The minimum Gasteiger partial charge on any atom is -0.367 e. The molecule has 4 rings (SSSR count). The van der Waals surface area contributed by atoms with Gasteiger partial charge in [0, 0.05) is 37.3 Å². The fraction of sp³-hybridized carbons (Fsp3) is 0.458. The van der Waals surface area contributed by atoms with Crippen LogP contribution in [0.5, 0.6) is 0 Å². The van der Waals surface area contributed by atoms with E-state index in [0.717, 1.165) is 44.2 Å². The molecule has 2 heterocycles. The molecule has 182 valence electrons. The van der Waals surface area contributed by atoms with E-state index in [9.17, 15) is 28.1 Å². The van der Waals surface area contributed by atoms with Crippen molar-refractivity contribution in [3.8, 4) is 0 Å². The average Bonchev–Trinajstić information content (AvgIpc) is 3.33. The Labute approximate surface area is 195 Å². The first-order chi connectivity index (χ1) is 16.1. The van der Waals surface area contributed by atoms with Crippen LogP contribution in [0, 0.1) is 10.1 Å². The molecule has 2 aromatic carbocycles. The summed E-state index contributed by atoms with van der Waals surface area (Å²) in [6.45, 7) is 4.08. The fourth-order valence-electron chi connectivity index (χ4n) is 4.75. The third-order valence-electron chi connectivity index (χ3n) is 6.57. The maximum absolute atomic E-state index is 13.4. The number of nitro groups is 1. The summed E-state index contributed by atoms with van der Waals surface area (Å²) in [5, 5.41) is 14.3. The summed E-state index contributed by atoms with van der Waals surface area (Å²) in [4.78, 5) is 28.1. The topological polar surface area (TPSA) is 78.7 Å².